The molecule has 11 heteroatoms. The number of oxazole rings is 1. The summed E-state index contributed by atoms with van der Waals surface area (Å²) in [5, 5.41) is 0. The van der Waals surface area contributed by atoms with Crippen molar-refractivity contribution in [2.75, 3.05) is 10.6 Å². The molecule has 2 N–H and O–H groups in total. The lowest BCUT2D eigenvalue weighted by Gasteiger charge is -2.25. The summed E-state index contributed by atoms with van der Waals surface area (Å²) in [6.07, 6.45) is 4.62. The maximum Gasteiger partial charge on any atom is 0.341 e. The van der Waals surface area contributed by atoms with E-state index in [-0.39, 0.29) is 12.5 Å². The molecule has 148 valence electrons. The van der Waals surface area contributed by atoms with Gasteiger partial charge >= 0.3 is 5.76 Å². The summed E-state index contributed by atoms with van der Waals surface area (Å²) in [6, 6.07) is 5.49. The lowest BCUT2D eigenvalue weighted by Crippen LogP contribution is -2.20. The average molecular weight is 409 g/mol. The molecule has 2 aromatic heterocycles. The van der Waals surface area contributed by atoms with Gasteiger partial charge in [-0.15, -0.1) is 0 Å². The van der Waals surface area contributed by atoms with Gasteiger partial charge in [0.05, 0.1) is 17.1 Å². The summed E-state index contributed by atoms with van der Waals surface area (Å²) in [4.78, 5) is 13.4. The summed E-state index contributed by atoms with van der Waals surface area (Å²) in [6.45, 7) is 2.03. The van der Waals surface area contributed by atoms with Gasteiger partial charge in [-0.1, -0.05) is 6.92 Å². The second kappa shape index (κ2) is 7.89. The fraction of sp³-hybridized carbons (Fsp3) is 0.235. The normalized spacial score (nSPS) is 11.7. The molecule has 1 aromatic carbocycles. The van der Waals surface area contributed by atoms with Crippen LogP contribution in [0.25, 0.3) is 0 Å². The van der Waals surface area contributed by atoms with Crippen molar-refractivity contribution < 1.29 is 21.6 Å². The second-order valence-electron chi connectivity index (χ2n) is 5.79. The molecule has 3 aromatic rings. The summed E-state index contributed by atoms with van der Waals surface area (Å²) >= 11 is 0. The lowest BCUT2D eigenvalue weighted by molar-refractivity contribution is 0.234. The Morgan fingerprint density at radius 3 is 2.64 bits per heavy atom. The number of alkyl halides is 2. The lowest BCUT2D eigenvalue weighted by atomic mass is 10.1. The van der Waals surface area contributed by atoms with Crippen LogP contribution in [-0.2, 0) is 22.8 Å². The second-order valence-corrected chi connectivity index (χ2v) is 7.71. The highest BCUT2D eigenvalue weighted by Gasteiger charge is 2.28. The Bertz CT molecular complexity index is 1060. The monoisotopic (exact) mass is 409 g/mol. The van der Waals surface area contributed by atoms with Crippen LogP contribution in [0.15, 0.2) is 52.4 Å². The van der Waals surface area contributed by atoms with E-state index in [1.54, 1.807) is 17.9 Å². The van der Waals surface area contributed by atoms with E-state index in [0.29, 0.717) is 29.2 Å². The Labute approximate surface area is 160 Å². The zero-order chi connectivity index (χ0) is 20.3. The number of nitrogen functional groups attached to an aromatic ring is 1. The smallest absolute Gasteiger partial charge is 0.341 e. The number of rotatable bonds is 7. The molecule has 0 aliphatic rings. The van der Waals surface area contributed by atoms with Gasteiger partial charge < -0.3 is 15.1 Å². The van der Waals surface area contributed by atoms with Crippen molar-refractivity contribution in [3.05, 3.63) is 54.4 Å². The van der Waals surface area contributed by atoms with Crippen LogP contribution in [0.2, 0.25) is 0 Å². The molecule has 0 amide bonds. The molecule has 0 aliphatic carbocycles. The quantitative estimate of drug-likeness (QED) is 0.633. The van der Waals surface area contributed by atoms with Crippen LogP contribution >= 0.6 is 0 Å². The van der Waals surface area contributed by atoms with E-state index in [2.05, 4.69) is 15.0 Å². The zero-order valence-corrected chi connectivity index (χ0v) is 15.6. The summed E-state index contributed by atoms with van der Waals surface area (Å²) < 4.78 is 54.5. The number of halogens is 2. The Kier molecular flexibility index (Phi) is 5.54. The Morgan fingerprint density at radius 1 is 1.25 bits per heavy atom. The molecule has 28 heavy (non-hydrogen) atoms. The van der Waals surface area contributed by atoms with Gasteiger partial charge in [0.15, 0.2) is 6.39 Å². The molecule has 8 nitrogen and oxygen atoms in total. The number of sulfone groups is 1. The van der Waals surface area contributed by atoms with Gasteiger partial charge in [0.1, 0.15) is 12.1 Å². The average Bonchev–Trinajstić information content (AvgIpc) is 3.18. The van der Waals surface area contributed by atoms with Gasteiger partial charge in [0, 0.05) is 11.9 Å². The molecular weight excluding hydrogens is 392 g/mol. The zero-order valence-electron chi connectivity index (χ0n) is 14.8. The first-order valence-electron chi connectivity index (χ1n) is 8.21. The SMILES string of the molecule is CCc1cc(S(=O)(=O)C(F)F)ccc1N(Cc1cocn1)c1ccnc(N)n1. The van der Waals surface area contributed by atoms with E-state index in [1.807, 2.05) is 0 Å². The third-order valence-electron chi connectivity index (χ3n) is 4.03. The minimum Gasteiger partial charge on any atom is -0.451 e. The largest absolute Gasteiger partial charge is 0.451 e. The molecule has 0 saturated heterocycles. The van der Waals surface area contributed by atoms with Crippen LogP contribution in [0.1, 0.15) is 18.2 Å². The van der Waals surface area contributed by atoms with E-state index in [1.165, 1.54) is 31.0 Å². The number of anilines is 3. The topological polar surface area (TPSA) is 115 Å². The van der Waals surface area contributed by atoms with Gasteiger partial charge in [0.2, 0.25) is 15.8 Å². The van der Waals surface area contributed by atoms with Gasteiger partial charge in [-0.2, -0.15) is 13.8 Å². The summed E-state index contributed by atoms with van der Waals surface area (Å²) in [5.41, 5.74) is 7.40. The Hall–Kier alpha value is -3.08. The molecule has 3 rings (SSSR count). The maximum atomic E-state index is 12.9. The molecule has 0 radical (unpaired) electrons. The molecular formula is C17H17F2N5O3S. The fourth-order valence-electron chi connectivity index (χ4n) is 2.67. The van der Waals surface area contributed by atoms with Crippen molar-refractivity contribution in [3.63, 3.8) is 0 Å². The first kappa shape index (κ1) is 19.7. The van der Waals surface area contributed by atoms with Crippen LogP contribution in [0.4, 0.5) is 26.2 Å². The van der Waals surface area contributed by atoms with Gasteiger partial charge in [-0.3, -0.25) is 0 Å². The fourth-order valence-corrected chi connectivity index (χ4v) is 3.44. The van der Waals surface area contributed by atoms with E-state index >= 15 is 0 Å². The van der Waals surface area contributed by atoms with Crippen molar-refractivity contribution in [1.29, 1.82) is 0 Å². The minimum absolute atomic E-state index is 0.0533. The van der Waals surface area contributed by atoms with Crippen molar-refractivity contribution in [3.8, 4) is 0 Å². The molecule has 0 atom stereocenters. The standard InChI is InChI=1S/C17H17F2N5O3S/c1-2-11-7-13(28(25,26)16(18)19)3-4-14(11)24(8-12-9-27-10-22-12)15-5-6-21-17(20)23-15/h3-7,9-10,16H,2,8H2,1H3,(H2,20,21,23). The molecule has 0 unspecified atom stereocenters. The first-order valence-corrected chi connectivity index (χ1v) is 9.75. The van der Waals surface area contributed by atoms with Crippen LogP contribution in [0, 0.1) is 0 Å². The highest BCUT2D eigenvalue weighted by molar-refractivity contribution is 7.91. The third kappa shape index (κ3) is 3.93. The minimum atomic E-state index is -4.70. The number of hydrogen-bond acceptors (Lipinski definition) is 8. The number of nitrogens with zero attached hydrogens (tertiary/aromatic N) is 4. The van der Waals surface area contributed by atoms with Crippen LogP contribution < -0.4 is 10.6 Å². The van der Waals surface area contributed by atoms with E-state index in [0.717, 1.165) is 6.07 Å². The highest BCUT2D eigenvalue weighted by Crippen LogP contribution is 2.32. The molecule has 0 fully saturated rings. The molecule has 0 saturated carbocycles. The molecule has 0 bridgehead atoms. The highest BCUT2D eigenvalue weighted by atomic mass is 32.2. The van der Waals surface area contributed by atoms with E-state index < -0.39 is 20.5 Å². The predicted molar refractivity (Wildman–Crippen MR) is 97.8 cm³/mol. The predicted octanol–water partition coefficient (Wildman–Crippen LogP) is 2.94. The summed E-state index contributed by atoms with van der Waals surface area (Å²) in [7, 11) is -4.70. The van der Waals surface area contributed by atoms with E-state index in [4.69, 9.17) is 10.2 Å². The maximum absolute atomic E-state index is 12.9. The number of aromatic nitrogens is 3. The number of aryl methyl sites for hydroxylation is 1. The third-order valence-corrected chi connectivity index (χ3v) is 5.41. The molecule has 0 spiro atoms. The first-order chi connectivity index (χ1) is 13.3. The number of hydrogen-bond donors (Lipinski definition) is 1. The Balaban J connectivity index is 2.11. The number of benzene rings is 1. The van der Waals surface area contributed by atoms with Crippen LogP contribution in [0.3, 0.4) is 0 Å². The van der Waals surface area contributed by atoms with Crippen molar-refractivity contribution >= 4 is 27.3 Å². The van der Waals surface area contributed by atoms with Crippen LogP contribution in [0.5, 0.6) is 0 Å². The van der Waals surface area contributed by atoms with Crippen molar-refractivity contribution in [1.82, 2.24) is 15.0 Å². The Morgan fingerprint density at radius 2 is 2.04 bits per heavy atom. The van der Waals surface area contributed by atoms with Crippen molar-refractivity contribution in [2.45, 2.75) is 30.5 Å². The van der Waals surface area contributed by atoms with Crippen molar-refractivity contribution in [2.24, 2.45) is 0 Å². The van der Waals surface area contributed by atoms with Gasteiger partial charge in [0.25, 0.3) is 0 Å². The van der Waals surface area contributed by atoms with Crippen LogP contribution in [-0.4, -0.2) is 29.1 Å². The van der Waals surface area contributed by atoms with Gasteiger partial charge in [-0.05, 0) is 36.2 Å². The number of nitrogens with two attached hydrogens (primary N) is 1. The molecule has 2 heterocycles. The molecule has 0 aliphatic heterocycles. The van der Waals surface area contributed by atoms with Gasteiger partial charge in [-0.25, -0.2) is 18.4 Å². The van der Waals surface area contributed by atoms with E-state index in [9.17, 15) is 17.2 Å². The summed E-state index contributed by atoms with van der Waals surface area (Å²) in [5.74, 6) is -3.00.